The minimum Gasteiger partial charge on any atom is -0.367 e. The standard InChI is InChI=1S/C16H20N4OS/c1-11-19-13(9-22-11)7-20-5-3-12-6-15(21-16(12)8-20)14-2-4-17-10-18-14/h2,4,9-10,12,15-16H,3,5-8H2,1H3/t12-,15+,16+/m0/s1. The molecule has 2 saturated heterocycles. The van der Waals surface area contributed by atoms with E-state index in [9.17, 15) is 0 Å². The lowest BCUT2D eigenvalue weighted by atomic mass is 9.91. The zero-order valence-electron chi connectivity index (χ0n) is 12.7. The molecule has 116 valence electrons. The van der Waals surface area contributed by atoms with Crippen molar-refractivity contribution >= 4 is 11.3 Å². The van der Waals surface area contributed by atoms with Crippen LogP contribution in [-0.4, -0.2) is 39.0 Å². The van der Waals surface area contributed by atoms with Gasteiger partial charge in [0.2, 0.25) is 0 Å². The fourth-order valence-electron chi connectivity index (χ4n) is 3.53. The lowest BCUT2D eigenvalue weighted by Gasteiger charge is -2.33. The van der Waals surface area contributed by atoms with Crippen molar-refractivity contribution in [2.24, 2.45) is 5.92 Å². The van der Waals surface area contributed by atoms with Crippen molar-refractivity contribution in [3.63, 3.8) is 0 Å². The van der Waals surface area contributed by atoms with Gasteiger partial charge in [0.15, 0.2) is 0 Å². The van der Waals surface area contributed by atoms with E-state index in [4.69, 9.17) is 4.74 Å². The van der Waals surface area contributed by atoms with Crippen molar-refractivity contribution in [3.8, 4) is 0 Å². The summed E-state index contributed by atoms with van der Waals surface area (Å²) < 4.78 is 6.27. The lowest BCUT2D eigenvalue weighted by molar-refractivity contribution is -0.0109. The number of piperidine rings is 1. The molecule has 2 fully saturated rings. The van der Waals surface area contributed by atoms with Crippen molar-refractivity contribution in [1.29, 1.82) is 0 Å². The predicted molar refractivity (Wildman–Crippen MR) is 84.5 cm³/mol. The van der Waals surface area contributed by atoms with Crippen LogP contribution in [-0.2, 0) is 11.3 Å². The Balaban J connectivity index is 1.39. The number of hydrogen-bond donors (Lipinski definition) is 0. The Labute approximate surface area is 134 Å². The Bertz CT molecular complexity index is 632. The van der Waals surface area contributed by atoms with Crippen molar-refractivity contribution in [3.05, 3.63) is 40.4 Å². The van der Waals surface area contributed by atoms with Gasteiger partial charge in [0.25, 0.3) is 0 Å². The van der Waals surface area contributed by atoms with E-state index in [1.807, 2.05) is 6.07 Å². The summed E-state index contributed by atoms with van der Waals surface area (Å²) in [5.41, 5.74) is 2.21. The van der Waals surface area contributed by atoms with Crippen molar-refractivity contribution < 1.29 is 4.74 Å². The van der Waals surface area contributed by atoms with E-state index in [0.717, 1.165) is 36.8 Å². The number of thiazole rings is 1. The van der Waals surface area contributed by atoms with E-state index in [-0.39, 0.29) is 6.10 Å². The van der Waals surface area contributed by atoms with Crippen LogP contribution >= 0.6 is 11.3 Å². The molecule has 0 N–H and O–H groups in total. The van der Waals surface area contributed by atoms with Gasteiger partial charge in [-0.2, -0.15) is 0 Å². The monoisotopic (exact) mass is 316 g/mol. The molecule has 0 saturated carbocycles. The molecule has 4 rings (SSSR count). The summed E-state index contributed by atoms with van der Waals surface area (Å²) in [6.07, 6.45) is 6.16. The lowest BCUT2D eigenvalue weighted by Crippen LogP contribution is -2.41. The molecule has 0 amide bonds. The minimum absolute atomic E-state index is 0.138. The van der Waals surface area contributed by atoms with Gasteiger partial charge in [-0.05, 0) is 38.3 Å². The summed E-state index contributed by atoms with van der Waals surface area (Å²) in [6.45, 7) is 5.14. The van der Waals surface area contributed by atoms with Gasteiger partial charge in [-0.25, -0.2) is 15.0 Å². The third-order valence-electron chi connectivity index (χ3n) is 4.62. The highest BCUT2D eigenvalue weighted by Gasteiger charge is 2.40. The smallest absolute Gasteiger partial charge is 0.115 e. The first kappa shape index (κ1) is 14.2. The number of aryl methyl sites for hydroxylation is 1. The molecule has 0 spiro atoms. The second-order valence-corrected chi connectivity index (χ2v) is 7.24. The highest BCUT2D eigenvalue weighted by molar-refractivity contribution is 7.09. The maximum Gasteiger partial charge on any atom is 0.115 e. The zero-order chi connectivity index (χ0) is 14.9. The average Bonchev–Trinajstić information content (AvgIpc) is 3.14. The number of nitrogens with zero attached hydrogens (tertiary/aromatic N) is 4. The van der Waals surface area contributed by atoms with E-state index in [0.29, 0.717) is 12.0 Å². The molecule has 0 aliphatic carbocycles. The highest BCUT2D eigenvalue weighted by atomic mass is 32.1. The Hall–Kier alpha value is -1.37. The van der Waals surface area contributed by atoms with Gasteiger partial charge >= 0.3 is 0 Å². The largest absolute Gasteiger partial charge is 0.367 e. The van der Waals surface area contributed by atoms with Crippen LogP contribution in [0.4, 0.5) is 0 Å². The van der Waals surface area contributed by atoms with Gasteiger partial charge in [0.05, 0.1) is 22.5 Å². The predicted octanol–water partition coefficient (Wildman–Crippen LogP) is 2.59. The third-order valence-corrected chi connectivity index (χ3v) is 5.45. The molecule has 2 aliphatic heterocycles. The van der Waals surface area contributed by atoms with Crippen LogP contribution < -0.4 is 0 Å². The second kappa shape index (κ2) is 6.02. The topological polar surface area (TPSA) is 51.1 Å². The SMILES string of the molecule is Cc1nc(CN2CC[C@H]3C[C@H](c4ccncn4)O[C@@H]3C2)cs1. The van der Waals surface area contributed by atoms with E-state index in [1.165, 1.54) is 12.1 Å². The number of hydrogen-bond acceptors (Lipinski definition) is 6. The third kappa shape index (κ3) is 2.91. The van der Waals surface area contributed by atoms with Gasteiger partial charge in [0, 0.05) is 24.7 Å². The molecular formula is C16H20N4OS. The maximum absolute atomic E-state index is 6.27. The summed E-state index contributed by atoms with van der Waals surface area (Å²) in [5.74, 6) is 0.661. The Morgan fingerprint density at radius 2 is 2.41 bits per heavy atom. The highest BCUT2D eigenvalue weighted by Crippen LogP contribution is 2.40. The Morgan fingerprint density at radius 1 is 1.45 bits per heavy atom. The number of fused-ring (bicyclic) bond motifs is 1. The van der Waals surface area contributed by atoms with Crippen LogP contribution in [0.15, 0.2) is 24.0 Å². The number of ether oxygens (including phenoxy) is 1. The quantitative estimate of drug-likeness (QED) is 0.871. The molecule has 2 aromatic heterocycles. The molecule has 0 aromatic carbocycles. The summed E-state index contributed by atoms with van der Waals surface area (Å²) >= 11 is 1.73. The first-order valence-corrected chi connectivity index (χ1v) is 8.70. The summed E-state index contributed by atoms with van der Waals surface area (Å²) in [6, 6.07) is 1.97. The normalized spacial score (nSPS) is 28.7. The van der Waals surface area contributed by atoms with E-state index in [2.05, 4.69) is 32.2 Å². The van der Waals surface area contributed by atoms with Crippen molar-refractivity contribution in [2.75, 3.05) is 13.1 Å². The van der Waals surface area contributed by atoms with Crippen LogP contribution in [0.3, 0.4) is 0 Å². The van der Waals surface area contributed by atoms with Crippen LogP contribution in [0, 0.1) is 12.8 Å². The van der Waals surface area contributed by atoms with Crippen LogP contribution in [0.2, 0.25) is 0 Å². The number of aromatic nitrogens is 3. The minimum atomic E-state index is 0.138. The zero-order valence-corrected chi connectivity index (χ0v) is 13.5. The van der Waals surface area contributed by atoms with E-state index < -0.39 is 0 Å². The molecule has 0 unspecified atom stereocenters. The molecule has 0 radical (unpaired) electrons. The number of likely N-dealkylation sites (tertiary alicyclic amines) is 1. The van der Waals surface area contributed by atoms with Gasteiger partial charge < -0.3 is 4.74 Å². The summed E-state index contributed by atoms with van der Waals surface area (Å²) in [4.78, 5) is 15.4. The average molecular weight is 316 g/mol. The molecule has 2 aromatic rings. The molecule has 2 aliphatic rings. The Morgan fingerprint density at radius 3 is 3.18 bits per heavy atom. The fourth-order valence-corrected chi connectivity index (χ4v) is 4.13. The fraction of sp³-hybridized carbons (Fsp3) is 0.562. The molecule has 22 heavy (non-hydrogen) atoms. The van der Waals surface area contributed by atoms with E-state index >= 15 is 0 Å². The Kier molecular flexibility index (Phi) is 3.90. The second-order valence-electron chi connectivity index (χ2n) is 6.17. The van der Waals surface area contributed by atoms with Gasteiger partial charge in [0.1, 0.15) is 12.4 Å². The van der Waals surface area contributed by atoms with Gasteiger partial charge in [-0.15, -0.1) is 11.3 Å². The van der Waals surface area contributed by atoms with Crippen LogP contribution in [0.1, 0.15) is 35.3 Å². The van der Waals surface area contributed by atoms with E-state index in [1.54, 1.807) is 23.9 Å². The first-order valence-electron chi connectivity index (χ1n) is 7.82. The van der Waals surface area contributed by atoms with Crippen LogP contribution in [0.25, 0.3) is 0 Å². The molecule has 4 heterocycles. The molecule has 0 bridgehead atoms. The van der Waals surface area contributed by atoms with Crippen molar-refractivity contribution in [1.82, 2.24) is 19.9 Å². The van der Waals surface area contributed by atoms with Gasteiger partial charge in [-0.1, -0.05) is 0 Å². The molecular weight excluding hydrogens is 296 g/mol. The van der Waals surface area contributed by atoms with Gasteiger partial charge in [-0.3, -0.25) is 4.90 Å². The summed E-state index contributed by atoms with van der Waals surface area (Å²) in [5, 5.41) is 3.31. The maximum atomic E-state index is 6.27. The molecule has 5 nitrogen and oxygen atoms in total. The van der Waals surface area contributed by atoms with Crippen LogP contribution in [0.5, 0.6) is 0 Å². The first-order chi connectivity index (χ1) is 10.8. The summed E-state index contributed by atoms with van der Waals surface area (Å²) in [7, 11) is 0. The number of rotatable bonds is 3. The molecule has 3 atom stereocenters. The van der Waals surface area contributed by atoms with Crippen molar-refractivity contribution in [2.45, 2.75) is 38.5 Å². The molecule has 6 heteroatoms.